The second kappa shape index (κ2) is 4.60. The molecular formula is C12H13N3O4. The zero-order valence-electron chi connectivity index (χ0n) is 10.3. The summed E-state index contributed by atoms with van der Waals surface area (Å²) in [5, 5.41) is 8.95. The second-order valence-electron chi connectivity index (χ2n) is 4.23. The minimum absolute atomic E-state index is 0.0311. The van der Waals surface area contributed by atoms with Crippen molar-refractivity contribution in [1.29, 1.82) is 0 Å². The molecule has 0 atom stereocenters. The van der Waals surface area contributed by atoms with Crippen LogP contribution in [0.5, 0.6) is 0 Å². The van der Waals surface area contributed by atoms with E-state index in [1.165, 1.54) is 23.1 Å². The van der Waals surface area contributed by atoms with Crippen molar-refractivity contribution in [2.45, 2.75) is 0 Å². The number of carbonyl (C=O) groups excluding carboxylic acids is 2. The number of aromatic carboxylic acids is 1. The Balaban J connectivity index is 2.38. The Labute approximate surface area is 109 Å². The number of carboxylic acid groups (broad SMARTS) is 1. The molecule has 1 aliphatic rings. The monoisotopic (exact) mass is 263 g/mol. The number of amides is 3. The Morgan fingerprint density at radius 1 is 1.26 bits per heavy atom. The van der Waals surface area contributed by atoms with Crippen LogP contribution in [0.15, 0.2) is 18.2 Å². The Morgan fingerprint density at radius 3 is 2.42 bits per heavy atom. The van der Waals surface area contributed by atoms with E-state index < -0.39 is 17.9 Å². The zero-order valence-corrected chi connectivity index (χ0v) is 10.3. The Kier molecular flexibility index (Phi) is 3.12. The molecule has 7 heteroatoms. The van der Waals surface area contributed by atoms with Crippen LogP contribution < -0.4 is 5.73 Å². The maximum atomic E-state index is 12.2. The third-order valence-electron chi connectivity index (χ3n) is 3.03. The van der Waals surface area contributed by atoms with E-state index in [1.54, 1.807) is 7.05 Å². The van der Waals surface area contributed by atoms with Crippen LogP contribution >= 0.6 is 0 Å². The predicted molar refractivity (Wildman–Crippen MR) is 66.9 cm³/mol. The number of rotatable bonds is 2. The van der Waals surface area contributed by atoms with Gasteiger partial charge in [-0.25, -0.2) is 9.59 Å². The summed E-state index contributed by atoms with van der Waals surface area (Å²) in [6, 6.07) is 3.74. The van der Waals surface area contributed by atoms with Crippen LogP contribution in [-0.2, 0) is 0 Å². The van der Waals surface area contributed by atoms with Crippen molar-refractivity contribution in [1.82, 2.24) is 9.80 Å². The molecule has 1 aliphatic heterocycles. The molecule has 0 aromatic heterocycles. The number of imide groups is 1. The lowest BCUT2D eigenvalue weighted by atomic mass is 10.1. The third kappa shape index (κ3) is 2.10. The summed E-state index contributed by atoms with van der Waals surface area (Å²) in [4.78, 5) is 37.3. The van der Waals surface area contributed by atoms with Crippen LogP contribution in [0.3, 0.4) is 0 Å². The number of hydrogen-bond donors (Lipinski definition) is 2. The van der Waals surface area contributed by atoms with Crippen LogP contribution in [0.4, 0.5) is 10.5 Å². The molecule has 1 aromatic rings. The van der Waals surface area contributed by atoms with Gasteiger partial charge in [0.1, 0.15) is 0 Å². The van der Waals surface area contributed by atoms with Crippen LogP contribution in [0, 0.1) is 0 Å². The number of anilines is 1. The van der Waals surface area contributed by atoms with E-state index in [-0.39, 0.29) is 23.4 Å². The number of likely N-dealkylation sites (N-methyl/N-ethyl adjacent to an activating group) is 1. The lowest BCUT2D eigenvalue weighted by Crippen LogP contribution is -2.35. The maximum absolute atomic E-state index is 12.2. The molecular weight excluding hydrogens is 250 g/mol. The summed E-state index contributed by atoms with van der Waals surface area (Å²) in [5.41, 5.74) is 5.44. The molecule has 0 bridgehead atoms. The molecule has 1 saturated heterocycles. The van der Waals surface area contributed by atoms with E-state index in [2.05, 4.69) is 0 Å². The predicted octanol–water partition coefficient (Wildman–Crippen LogP) is 0.475. The standard InChI is InChI=1S/C12H13N3O4/c1-14-5-6-15(12(14)19)10(16)7-3-2-4-8(9(7)13)11(17)18/h2-4H,5-6,13H2,1H3,(H,17,18). The summed E-state index contributed by atoms with van der Waals surface area (Å²) in [5.74, 6) is -1.79. The van der Waals surface area contributed by atoms with E-state index in [0.29, 0.717) is 6.54 Å². The molecule has 1 aromatic carbocycles. The molecule has 0 unspecified atom stereocenters. The van der Waals surface area contributed by atoms with Crippen molar-refractivity contribution in [3.05, 3.63) is 29.3 Å². The van der Waals surface area contributed by atoms with Crippen LogP contribution in [-0.4, -0.2) is 53.0 Å². The average Bonchev–Trinajstić information content (AvgIpc) is 2.69. The van der Waals surface area contributed by atoms with Crippen LogP contribution in [0.25, 0.3) is 0 Å². The topological polar surface area (TPSA) is 104 Å². The highest BCUT2D eigenvalue weighted by Gasteiger charge is 2.32. The molecule has 1 heterocycles. The van der Waals surface area contributed by atoms with Gasteiger partial charge in [-0.05, 0) is 12.1 Å². The summed E-state index contributed by atoms with van der Waals surface area (Å²) in [6.45, 7) is 0.716. The lowest BCUT2D eigenvalue weighted by Gasteiger charge is -2.15. The van der Waals surface area contributed by atoms with Crippen molar-refractivity contribution in [2.75, 3.05) is 25.9 Å². The summed E-state index contributed by atoms with van der Waals surface area (Å²) in [6.07, 6.45) is 0. The van der Waals surface area contributed by atoms with Gasteiger partial charge in [0.05, 0.1) is 16.8 Å². The number of hydrogen-bond acceptors (Lipinski definition) is 4. The van der Waals surface area contributed by atoms with Gasteiger partial charge in [-0.3, -0.25) is 9.69 Å². The van der Waals surface area contributed by atoms with E-state index in [9.17, 15) is 14.4 Å². The molecule has 0 saturated carbocycles. The minimum Gasteiger partial charge on any atom is -0.478 e. The van der Waals surface area contributed by atoms with E-state index in [4.69, 9.17) is 10.8 Å². The van der Waals surface area contributed by atoms with Gasteiger partial charge in [-0.1, -0.05) is 6.07 Å². The van der Waals surface area contributed by atoms with Gasteiger partial charge < -0.3 is 15.7 Å². The first-order valence-corrected chi connectivity index (χ1v) is 5.62. The van der Waals surface area contributed by atoms with Gasteiger partial charge in [0, 0.05) is 20.1 Å². The maximum Gasteiger partial charge on any atom is 0.337 e. The Hall–Kier alpha value is -2.57. The van der Waals surface area contributed by atoms with Crippen molar-refractivity contribution in [3.8, 4) is 0 Å². The van der Waals surface area contributed by atoms with Gasteiger partial charge in [-0.2, -0.15) is 0 Å². The molecule has 1 fully saturated rings. The molecule has 0 radical (unpaired) electrons. The first-order chi connectivity index (χ1) is 8.93. The number of carbonyl (C=O) groups is 3. The largest absolute Gasteiger partial charge is 0.478 e. The van der Waals surface area contributed by atoms with Gasteiger partial charge >= 0.3 is 12.0 Å². The summed E-state index contributed by atoms with van der Waals surface area (Å²) >= 11 is 0. The first-order valence-electron chi connectivity index (χ1n) is 5.62. The number of urea groups is 1. The van der Waals surface area contributed by atoms with E-state index in [1.807, 2.05) is 0 Å². The summed E-state index contributed by atoms with van der Waals surface area (Å²) < 4.78 is 0. The highest BCUT2D eigenvalue weighted by Crippen LogP contribution is 2.21. The quantitative estimate of drug-likeness (QED) is 0.755. The van der Waals surface area contributed by atoms with Crippen molar-refractivity contribution >= 4 is 23.6 Å². The fourth-order valence-corrected chi connectivity index (χ4v) is 1.92. The second-order valence-corrected chi connectivity index (χ2v) is 4.23. The smallest absolute Gasteiger partial charge is 0.337 e. The molecule has 3 N–H and O–H groups in total. The van der Waals surface area contributed by atoms with Gasteiger partial charge in [0.25, 0.3) is 5.91 Å². The van der Waals surface area contributed by atoms with Crippen molar-refractivity contribution < 1.29 is 19.5 Å². The first kappa shape index (κ1) is 12.9. The van der Waals surface area contributed by atoms with E-state index >= 15 is 0 Å². The van der Waals surface area contributed by atoms with Crippen LogP contribution in [0.2, 0.25) is 0 Å². The fourth-order valence-electron chi connectivity index (χ4n) is 1.92. The Bertz CT molecular complexity index is 570. The van der Waals surface area contributed by atoms with Crippen LogP contribution in [0.1, 0.15) is 20.7 Å². The third-order valence-corrected chi connectivity index (χ3v) is 3.03. The normalized spacial score (nSPS) is 14.9. The number of benzene rings is 1. The fraction of sp³-hybridized carbons (Fsp3) is 0.250. The Morgan fingerprint density at radius 2 is 1.89 bits per heavy atom. The van der Waals surface area contributed by atoms with Crippen molar-refractivity contribution in [2.24, 2.45) is 0 Å². The van der Waals surface area contributed by atoms with Gasteiger partial charge in [0.2, 0.25) is 0 Å². The van der Waals surface area contributed by atoms with Gasteiger partial charge in [0.15, 0.2) is 0 Å². The number of nitrogen functional groups attached to an aromatic ring is 1. The molecule has 100 valence electrons. The van der Waals surface area contributed by atoms with Crippen molar-refractivity contribution in [3.63, 3.8) is 0 Å². The highest BCUT2D eigenvalue weighted by molar-refractivity contribution is 6.10. The van der Waals surface area contributed by atoms with Gasteiger partial charge in [-0.15, -0.1) is 0 Å². The molecule has 7 nitrogen and oxygen atoms in total. The minimum atomic E-state index is -1.21. The molecule has 2 rings (SSSR count). The summed E-state index contributed by atoms with van der Waals surface area (Å²) in [7, 11) is 1.59. The SMILES string of the molecule is CN1CCN(C(=O)c2cccc(C(=O)O)c2N)C1=O. The molecule has 19 heavy (non-hydrogen) atoms. The zero-order chi connectivity index (χ0) is 14.2. The highest BCUT2D eigenvalue weighted by atomic mass is 16.4. The number of nitrogens with two attached hydrogens (primary N) is 1. The number of carboxylic acids is 1. The molecule has 0 spiro atoms. The molecule has 0 aliphatic carbocycles. The average molecular weight is 263 g/mol. The van der Waals surface area contributed by atoms with E-state index in [0.717, 1.165) is 4.90 Å². The molecule has 3 amide bonds. The number of para-hydroxylation sites is 1. The number of nitrogens with zero attached hydrogens (tertiary/aromatic N) is 2. The lowest BCUT2D eigenvalue weighted by molar-refractivity contribution is 0.0698.